The summed E-state index contributed by atoms with van der Waals surface area (Å²) in [6, 6.07) is 14.9. The number of amides is 2. The van der Waals surface area contributed by atoms with Gasteiger partial charge < -0.3 is 14.8 Å². The standard InChI is InChI=1S/C23H24N2O5S/c1-3-16-24-23(27)21(25-22(26)15-12-18-8-6-5-7-9-18)17-19-10-13-20(14-11-19)30-31(28,29)4-2/h1,4-11,13-14,21H,2,12,15-17H2,(H,24,27)(H,25,26)/t21-/m0/s1. The molecular weight excluding hydrogens is 416 g/mol. The first-order valence-electron chi connectivity index (χ1n) is 9.53. The Morgan fingerprint density at radius 1 is 1.10 bits per heavy atom. The third-order valence-electron chi connectivity index (χ3n) is 4.28. The van der Waals surface area contributed by atoms with Gasteiger partial charge in [0, 0.05) is 12.8 Å². The summed E-state index contributed by atoms with van der Waals surface area (Å²) in [6.07, 6.45) is 6.18. The molecule has 0 unspecified atom stereocenters. The van der Waals surface area contributed by atoms with Crippen LogP contribution in [0.3, 0.4) is 0 Å². The second kappa shape index (κ2) is 11.6. The van der Waals surface area contributed by atoms with Crippen LogP contribution in [0.5, 0.6) is 5.75 Å². The molecule has 2 N–H and O–H groups in total. The van der Waals surface area contributed by atoms with Gasteiger partial charge in [0.25, 0.3) is 0 Å². The molecule has 0 saturated carbocycles. The van der Waals surface area contributed by atoms with Gasteiger partial charge in [-0.15, -0.1) is 6.42 Å². The van der Waals surface area contributed by atoms with E-state index in [1.165, 1.54) is 12.1 Å². The highest BCUT2D eigenvalue weighted by Gasteiger charge is 2.21. The summed E-state index contributed by atoms with van der Waals surface area (Å²) in [5, 5.41) is 6.03. The summed E-state index contributed by atoms with van der Waals surface area (Å²) in [5.74, 6) is 1.78. The number of nitrogens with one attached hydrogen (secondary N) is 2. The summed E-state index contributed by atoms with van der Waals surface area (Å²) >= 11 is 0. The molecule has 31 heavy (non-hydrogen) atoms. The van der Waals surface area contributed by atoms with Gasteiger partial charge in [-0.05, 0) is 29.7 Å². The summed E-state index contributed by atoms with van der Waals surface area (Å²) in [5.41, 5.74) is 1.73. The van der Waals surface area contributed by atoms with Crippen LogP contribution in [0, 0.1) is 12.3 Å². The molecule has 8 heteroatoms. The van der Waals surface area contributed by atoms with E-state index in [1.54, 1.807) is 12.1 Å². The number of carbonyl (C=O) groups excluding carboxylic acids is 2. The number of hydrogen-bond donors (Lipinski definition) is 2. The molecular formula is C23H24N2O5S. The monoisotopic (exact) mass is 440 g/mol. The van der Waals surface area contributed by atoms with E-state index in [0.717, 1.165) is 5.56 Å². The molecule has 0 bridgehead atoms. The van der Waals surface area contributed by atoms with Crippen LogP contribution < -0.4 is 14.8 Å². The Bertz CT molecular complexity index is 1040. The van der Waals surface area contributed by atoms with Crippen LogP contribution in [0.2, 0.25) is 0 Å². The molecule has 2 rings (SSSR count). The lowest BCUT2D eigenvalue weighted by molar-refractivity contribution is -0.128. The van der Waals surface area contributed by atoms with Crippen LogP contribution in [-0.4, -0.2) is 32.8 Å². The average molecular weight is 441 g/mol. The van der Waals surface area contributed by atoms with E-state index in [9.17, 15) is 18.0 Å². The zero-order valence-corrected chi connectivity index (χ0v) is 17.7. The summed E-state index contributed by atoms with van der Waals surface area (Å²) in [4.78, 5) is 24.9. The van der Waals surface area contributed by atoms with Crippen molar-refractivity contribution in [1.82, 2.24) is 10.6 Å². The molecule has 0 aromatic heterocycles. The molecule has 0 aliphatic carbocycles. The zero-order chi connectivity index (χ0) is 22.7. The number of aryl methyl sites for hydroxylation is 1. The minimum Gasteiger partial charge on any atom is -0.379 e. The predicted molar refractivity (Wildman–Crippen MR) is 118 cm³/mol. The predicted octanol–water partition coefficient (Wildman–Crippen LogP) is 1.95. The van der Waals surface area contributed by atoms with Crippen LogP contribution >= 0.6 is 0 Å². The van der Waals surface area contributed by atoms with Crippen LogP contribution in [-0.2, 0) is 32.5 Å². The molecule has 2 amide bonds. The molecule has 0 saturated heterocycles. The Labute approximate surface area is 182 Å². The van der Waals surface area contributed by atoms with Crippen molar-refractivity contribution in [1.29, 1.82) is 0 Å². The van der Waals surface area contributed by atoms with Crippen LogP contribution in [0.25, 0.3) is 0 Å². The maximum absolute atomic E-state index is 12.5. The maximum Gasteiger partial charge on any atom is 0.331 e. The second-order valence-electron chi connectivity index (χ2n) is 6.62. The smallest absolute Gasteiger partial charge is 0.331 e. The first-order valence-corrected chi connectivity index (χ1v) is 11.0. The summed E-state index contributed by atoms with van der Waals surface area (Å²) in [7, 11) is -3.85. The molecule has 0 spiro atoms. The lowest BCUT2D eigenvalue weighted by atomic mass is 10.0. The third kappa shape index (κ3) is 8.36. The van der Waals surface area contributed by atoms with Crippen molar-refractivity contribution in [3.05, 3.63) is 77.7 Å². The molecule has 0 radical (unpaired) electrons. The van der Waals surface area contributed by atoms with Gasteiger partial charge in [0.2, 0.25) is 11.8 Å². The summed E-state index contributed by atoms with van der Waals surface area (Å²) in [6.45, 7) is 3.22. The lowest BCUT2D eigenvalue weighted by Crippen LogP contribution is -2.48. The van der Waals surface area contributed by atoms with Gasteiger partial charge >= 0.3 is 10.1 Å². The first kappa shape index (κ1) is 23.7. The minimum absolute atomic E-state index is 0.0431. The normalized spacial score (nSPS) is 11.6. The average Bonchev–Trinajstić information content (AvgIpc) is 2.77. The Morgan fingerprint density at radius 3 is 2.39 bits per heavy atom. The number of rotatable bonds is 11. The van der Waals surface area contributed by atoms with Crippen LogP contribution in [0.4, 0.5) is 0 Å². The van der Waals surface area contributed by atoms with E-state index >= 15 is 0 Å². The number of terminal acetylenes is 1. The topological polar surface area (TPSA) is 102 Å². The van der Waals surface area contributed by atoms with E-state index in [-0.39, 0.29) is 31.0 Å². The molecule has 0 heterocycles. The fourth-order valence-corrected chi connectivity index (χ4v) is 3.17. The number of benzene rings is 2. The third-order valence-corrected chi connectivity index (χ3v) is 5.11. The van der Waals surface area contributed by atoms with E-state index < -0.39 is 22.1 Å². The highest BCUT2D eigenvalue weighted by Crippen LogP contribution is 2.16. The zero-order valence-electron chi connectivity index (χ0n) is 16.9. The van der Waals surface area contributed by atoms with E-state index in [2.05, 4.69) is 23.1 Å². The fourth-order valence-electron chi connectivity index (χ4n) is 2.72. The molecule has 0 aliphatic heterocycles. The molecule has 0 fully saturated rings. The van der Waals surface area contributed by atoms with Gasteiger partial charge in [0.05, 0.1) is 12.0 Å². The minimum atomic E-state index is -3.85. The van der Waals surface area contributed by atoms with E-state index in [0.29, 0.717) is 17.4 Å². The maximum atomic E-state index is 12.5. The molecule has 1 atom stereocenters. The Kier molecular flexibility index (Phi) is 8.85. The Balaban J connectivity index is 2.03. The number of hydrogen-bond acceptors (Lipinski definition) is 5. The van der Waals surface area contributed by atoms with Crippen molar-refractivity contribution >= 4 is 21.9 Å². The Morgan fingerprint density at radius 2 is 1.77 bits per heavy atom. The highest BCUT2D eigenvalue weighted by atomic mass is 32.2. The van der Waals surface area contributed by atoms with Gasteiger partial charge in [-0.25, -0.2) is 0 Å². The SMILES string of the molecule is C#CCNC(=O)[C@H](Cc1ccc(OS(=O)(=O)C=C)cc1)NC(=O)CCc1ccccc1. The van der Waals surface area contributed by atoms with Crippen molar-refractivity contribution in [3.63, 3.8) is 0 Å². The van der Waals surface area contributed by atoms with Gasteiger partial charge in [-0.1, -0.05) is 55.0 Å². The van der Waals surface area contributed by atoms with Gasteiger partial charge in [-0.3, -0.25) is 9.59 Å². The van der Waals surface area contributed by atoms with E-state index in [1.807, 2.05) is 30.3 Å². The van der Waals surface area contributed by atoms with Crippen molar-refractivity contribution in [2.24, 2.45) is 0 Å². The highest BCUT2D eigenvalue weighted by molar-refractivity contribution is 7.90. The lowest BCUT2D eigenvalue weighted by Gasteiger charge is -2.18. The Hall–Kier alpha value is -3.57. The number of carbonyl (C=O) groups is 2. The van der Waals surface area contributed by atoms with Gasteiger partial charge in [0.15, 0.2) is 0 Å². The van der Waals surface area contributed by atoms with Crippen molar-refractivity contribution in [2.75, 3.05) is 6.54 Å². The summed E-state index contributed by atoms with van der Waals surface area (Å²) < 4.78 is 27.7. The van der Waals surface area contributed by atoms with Crippen LogP contribution in [0.1, 0.15) is 17.5 Å². The van der Waals surface area contributed by atoms with Crippen molar-refractivity contribution in [2.45, 2.75) is 25.3 Å². The van der Waals surface area contributed by atoms with Crippen molar-refractivity contribution in [3.8, 4) is 18.1 Å². The molecule has 7 nitrogen and oxygen atoms in total. The molecule has 0 aliphatic rings. The fraction of sp³-hybridized carbons (Fsp3) is 0.217. The van der Waals surface area contributed by atoms with Gasteiger partial charge in [0.1, 0.15) is 11.8 Å². The quantitative estimate of drug-likeness (QED) is 0.411. The molecule has 162 valence electrons. The first-order chi connectivity index (χ1) is 14.8. The molecule has 2 aromatic rings. The van der Waals surface area contributed by atoms with Crippen molar-refractivity contribution < 1.29 is 22.2 Å². The largest absolute Gasteiger partial charge is 0.379 e. The van der Waals surface area contributed by atoms with E-state index in [4.69, 9.17) is 10.6 Å². The van der Waals surface area contributed by atoms with Gasteiger partial charge in [-0.2, -0.15) is 8.42 Å². The second-order valence-corrected chi connectivity index (χ2v) is 8.10. The molecule has 2 aromatic carbocycles. The van der Waals surface area contributed by atoms with Crippen LogP contribution in [0.15, 0.2) is 66.6 Å².